The topological polar surface area (TPSA) is 85.2 Å². The average Bonchev–Trinajstić information content (AvgIpc) is 3.43. The smallest absolute Gasteiger partial charge is 0.233 e. The largest absolute Gasteiger partial charge is 0.335 e. The van der Waals surface area contributed by atoms with Gasteiger partial charge in [-0.25, -0.2) is 18.1 Å². The first-order chi connectivity index (χ1) is 13.5. The van der Waals surface area contributed by atoms with Crippen LogP contribution in [0, 0.1) is 0 Å². The van der Waals surface area contributed by atoms with Crippen LogP contribution in [-0.2, 0) is 14.6 Å². The van der Waals surface area contributed by atoms with Crippen molar-refractivity contribution in [3.63, 3.8) is 0 Å². The maximum absolute atomic E-state index is 13.0. The standard InChI is InChI=1S/C19H24N4O3S2/c24-18(12-27-19-20-14-22(21-19)15-6-2-1-3-7-15)23(16-8-4-5-9-16)17-10-11-28(25,26)13-17/h1-3,6-7,14,16-17H,4-5,8-13H2/t17-/m1/s1. The Morgan fingerprint density at radius 2 is 1.89 bits per heavy atom. The minimum atomic E-state index is -3.03. The third-order valence-corrected chi connectivity index (χ3v) is 8.01. The number of benzene rings is 1. The molecule has 1 saturated heterocycles. The van der Waals surface area contributed by atoms with Gasteiger partial charge in [0.15, 0.2) is 9.84 Å². The van der Waals surface area contributed by atoms with Gasteiger partial charge in [0.1, 0.15) is 6.33 Å². The molecule has 0 bridgehead atoms. The normalized spacial score (nSPS) is 21.8. The third kappa shape index (κ3) is 4.41. The zero-order valence-electron chi connectivity index (χ0n) is 15.6. The van der Waals surface area contributed by atoms with Crippen molar-refractivity contribution in [2.24, 2.45) is 0 Å². The average molecular weight is 421 g/mol. The van der Waals surface area contributed by atoms with E-state index in [1.807, 2.05) is 35.2 Å². The van der Waals surface area contributed by atoms with Crippen LogP contribution in [0.1, 0.15) is 32.1 Å². The van der Waals surface area contributed by atoms with Crippen LogP contribution in [0.2, 0.25) is 0 Å². The van der Waals surface area contributed by atoms with Crippen LogP contribution in [-0.4, -0.2) is 63.3 Å². The summed E-state index contributed by atoms with van der Waals surface area (Å²) in [6, 6.07) is 9.67. The van der Waals surface area contributed by atoms with Gasteiger partial charge >= 0.3 is 0 Å². The molecule has 1 aromatic carbocycles. The Kier molecular flexibility index (Phi) is 5.73. The monoisotopic (exact) mass is 420 g/mol. The molecule has 1 aliphatic carbocycles. The summed E-state index contributed by atoms with van der Waals surface area (Å²) >= 11 is 1.31. The second-order valence-electron chi connectivity index (χ2n) is 7.39. The minimum absolute atomic E-state index is 0.00457. The summed E-state index contributed by atoms with van der Waals surface area (Å²) in [6.07, 6.45) is 6.33. The molecule has 2 heterocycles. The van der Waals surface area contributed by atoms with Gasteiger partial charge in [-0.1, -0.05) is 42.8 Å². The molecule has 2 aliphatic rings. The van der Waals surface area contributed by atoms with Crippen molar-refractivity contribution in [1.29, 1.82) is 0 Å². The highest BCUT2D eigenvalue weighted by Crippen LogP contribution is 2.30. The van der Waals surface area contributed by atoms with Crippen molar-refractivity contribution in [2.45, 2.75) is 49.3 Å². The van der Waals surface area contributed by atoms with Crippen molar-refractivity contribution < 1.29 is 13.2 Å². The van der Waals surface area contributed by atoms with Crippen molar-refractivity contribution in [3.05, 3.63) is 36.7 Å². The number of sulfone groups is 1. The molecule has 2 aromatic rings. The van der Waals surface area contributed by atoms with E-state index in [0.29, 0.717) is 11.6 Å². The highest BCUT2D eigenvalue weighted by molar-refractivity contribution is 7.99. The maximum Gasteiger partial charge on any atom is 0.233 e. The molecule has 28 heavy (non-hydrogen) atoms. The molecule has 1 saturated carbocycles. The number of aromatic nitrogens is 3. The molecule has 0 radical (unpaired) electrons. The van der Waals surface area contributed by atoms with E-state index < -0.39 is 9.84 Å². The maximum atomic E-state index is 13.0. The molecule has 1 aliphatic heterocycles. The van der Waals surface area contributed by atoms with Crippen molar-refractivity contribution >= 4 is 27.5 Å². The number of thioether (sulfide) groups is 1. The number of carbonyl (C=O) groups is 1. The van der Waals surface area contributed by atoms with E-state index in [4.69, 9.17) is 0 Å². The first-order valence-electron chi connectivity index (χ1n) is 9.63. The third-order valence-electron chi connectivity index (χ3n) is 5.42. The summed E-state index contributed by atoms with van der Waals surface area (Å²) in [5.74, 6) is 0.506. The molecule has 2 fully saturated rings. The zero-order valence-corrected chi connectivity index (χ0v) is 17.2. The summed E-state index contributed by atoms with van der Waals surface area (Å²) in [5.41, 5.74) is 0.914. The summed E-state index contributed by atoms with van der Waals surface area (Å²) in [7, 11) is -3.03. The van der Waals surface area contributed by atoms with Crippen LogP contribution in [0.15, 0.2) is 41.8 Å². The molecule has 9 heteroatoms. The first-order valence-corrected chi connectivity index (χ1v) is 12.4. The van der Waals surface area contributed by atoms with Crippen LogP contribution in [0.25, 0.3) is 5.69 Å². The number of para-hydroxylation sites is 1. The Morgan fingerprint density at radius 1 is 1.14 bits per heavy atom. The van der Waals surface area contributed by atoms with Crippen LogP contribution in [0.5, 0.6) is 0 Å². The second kappa shape index (κ2) is 8.24. The molecule has 0 spiro atoms. The van der Waals surface area contributed by atoms with Gasteiger partial charge in [-0.15, -0.1) is 5.10 Å². The molecule has 7 nitrogen and oxygen atoms in total. The van der Waals surface area contributed by atoms with E-state index in [1.54, 1.807) is 11.0 Å². The first kappa shape index (κ1) is 19.4. The molecule has 1 atom stereocenters. The molecular formula is C19H24N4O3S2. The molecule has 150 valence electrons. The number of rotatable bonds is 6. The van der Waals surface area contributed by atoms with Gasteiger partial charge in [0.05, 0.1) is 22.9 Å². The minimum Gasteiger partial charge on any atom is -0.335 e. The van der Waals surface area contributed by atoms with Crippen LogP contribution < -0.4 is 0 Å². The molecule has 0 unspecified atom stereocenters. The van der Waals surface area contributed by atoms with Crippen molar-refractivity contribution in [1.82, 2.24) is 19.7 Å². The predicted octanol–water partition coefficient (Wildman–Crippen LogP) is 2.32. The molecule has 0 N–H and O–H groups in total. The second-order valence-corrected chi connectivity index (χ2v) is 10.6. The zero-order chi connectivity index (χ0) is 19.6. The Labute approximate surface area is 169 Å². The molecule has 1 amide bonds. The Morgan fingerprint density at radius 3 is 2.57 bits per heavy atom. The fourth-order valence-electron chi connectivity index (χ4n) is 4.10. The lowest BCUT2D eigenvalue weighted by atomic mass is 10.1. The lowest BCUT2D eigenvalue weighted by Crippen LogP contribution is -2.47. The lowest BCUT2D eigenvalue weighted by molar-refractivity contribution is -0.132. The van der Waals surface area contributed by atoms with Gasteiger partial charge in [0.25, 0.3) is 0 Å². The Hall–Kier alpha value is -1.87. The van der Waals surface area contributed by atoms with E-state index in [9.17, 15) is 13.2 Å². The number of hydrogen-bond donors (Lipinski definition) is 0. The Balaban J connectivity index is 1.42. The van der Waals surface area contributed by atoms with E-state index in [1.165, 1.54) is 11.8 Å². The summed E-state index contributed by atoms with van der Waals surface area (Å²) in [4.78, 5) is 19.2. The summed E-state index contributed by atoms with van der Waals surface area (Å²) in [6.45, 7) is 0. The quantitative estimate of drug-likeness (QED) is 0.667. The summed E-state index contributed by atoms with van der Waals surface area (Å²) in [5, 5.41) is 4.98. The van der Waals surface area contributed by atoms with Gasteiger partial charge in [-0.05, 0) is 31.4 Å². The predicted molar refractivity (Wildman–Crippen MR) is 108 cm³/mol. The van der Waals surface area contributed by atoms with Gasteiger partial charge < -0.3 is 4.90 Å². The summed E-state index contributed by atoms with van der Waals surface area (Å²) < 4.78 is 25.6. The number of nitrogens with zero attached hydrogens (tertiary/aromatic N) is 4. The van der Waals surface area contributed by atoms with Crippen LogP contribution in [0.4, 0.5) is 0 Å². The highest BCUT2D eigenvalue weighted by atomic mass is 32.2. The van der Waals surface area contributed by atoms with E-state index in [2.05, 4.69) is 10.1 Å². The van der Waals surface area contributed by atoms with Crippen LogP contribution >= 0.6 is 11.8 Å². The molecular weight excluding hydrogens is 396 g/mol. The molecule has 1 aromatic heterocycles. The van der Waals surface area contributed by atoms with Crippen molar-refractivity contribution in [3.8, 4) is 5.69 Å². The fraction of sp³-hybridized carbons (Fsp3) is 0.526. The van der Waals surface area contributed by atoms with Gasteiger partial charge in [0.2, 0.25) is 11.1 Å². The number of carbonyl (C=O) groups excluding carboxylic acids is 1. The highest BCUT2D eigenvalue weighted by Gasteiger charge is 2.38. The van der Waals surface area contributed by atoms with E-state index >= 15 is 0 Å². The fourth-order valence-corrected chi connectivity index (χ4v) is 6.48. The number of hydrogen-bond acceptors (Lipinski definition) is 6. The van der Waals surface area contributed by atoms with E-state index in [0.717, 1.165) is 31.4 Å². The Bertz CT molecular complexity index is 924. The van der Waals surface area contributed by atoms with Crippen molar-refractivity contribution in [2.75, 3.05) is 17.3 Å². The number of amides is 1. The van der Waals surface area contributed by atoms with Gasteiger partial charge in [0, 0.05) is 12.1 Å². The van der Waals surface area contributed by atoms with Gasteiger partial charge in [-0.2, -0.15) is 0 Å². The van der Waals surface area contributed by atoms with Crippen LogP contribution in [0.3, 0.4) is 0 Å². The van der Waals surface area contributed by atoms with E-state index in [-0.39, 0.29) is 35.2 Å². The lowest BCUT2D eigenvalue weighted by Gasteiger charge is -2.34. The molecule has 4 rings (SSSR count). The SMILES string of the molecule is O=C(CSc1ncn(-c2ccccc2)n1)N(C1CCCC1)[C@@H]1CCS(=O)(=O)C1. The van der Waals surface area contributed by atoms with Gasteiger partial charge in [-0.3, -0.25) is 4.79 Å².